The minimum atomic E-state index is -0.764. The van der Waals surface area contributed by atoms with Crippen LogP contribution in [-0.4, -0.2) is 53.7 Å². The van der Waals surface area contributed by atoms with Gasteiger partial charge in [0, 0.05) is 44.6 Å². The van der Waals surface area contributed by atoms with E-state index in [9.17, 15) is 9.90 Å². The summed E-state index contributed by atoms with van der Waals surface area (Å²) in [6.07, 6.45) is 2.87. The van der Waals surface area contributed by atoms with Crippen LogP contribution in [0, 0.1) is 5.92 Å². The van der Waals surface area contributed by atoms with E-state index in [0.717, 1.165) is 30.0 Å². The van der Waals surface area contributed by atoms with Gasteiger partial charge in [-0.15, -0.1) is 0 Å². The Bertz CT molecular complexity index is 823. The number of aliphatic hydroxyl groups excluding tert-OH is 1. The van der Waals surface area contributed by atoms with Crippen molar-refractivity contribution in [3.05, 3.63) is 35.9 Å². The number of nitrogens with zero attached hydrogens (tertiary/aromatic N) is 4. The second-order valence-corrected chi connectivity index (χ2v) is 8.67. The average Bonchev–Trinajstić information content (AvgIpc) is 3.13. The number of piperidine rings is 1. The van der Waals surface area contributed by atoms with E-state index in [1.807, 2.05) is 49.3 Å². The van der Waals surface area contributed by atoms with Gasteiger partial charge >= 0.3 is 0 Å². The van der Waals surface area contributed by atoms with Crippen LogP contribution in [0.2, 0.25) is 0 Å². The zero-order valence-corrected chi connectivity index (χ0v) is 17.2. The summed E-state index contributed by atoms with van der Waals surface area (Å²) in [6.45, 7) is 1.10. The molecular formula is C20H27N5O2S. The molecule has 1 aliphatic heterocycles. The molecular weight excluding hydrogens is 374 g/mol. The Balaban J connectivity index is 1.57. The van der Waals surface area contributed by atoms with Crippen molar-refractivity contribution in [2.75, 3.05) is 37.0 Å². The van der Waals surface area contributed by atoms with Crippen LogP contribution in [0.4, 0.5) is 11.1 Å². The molecule has 2 N–H and O–H groups in total. The Hall–Kier alpha value is -2.19. The van der Waals surface area contributed by atoms with Crippen LogP contribution in [0.3, 0.4) is 0 Å². The lowest BCUT2D eigenvalue weighted by atomic mass is 9.77. The Labute approximate surface area is 169 Å². The van der Waals surface area contributed by atoms with Gasteiger partial charge in [0.25, 0.3) is 0 Å². The van der Waals surface area contributed by atoms with Crippen molar-refractivity contribution < 1.29 is 9.90 Å². The van der Waals surface area contributed by atoms with Gasteiger partial charge in [-0.3, -0.25) is 4.79 Å². The van der Waals surface area contributed by atoms with Gasteiger partial charge < -0.3 is 20.2 Å². The van der Waals surface area contributed by atoms with Gasteiger partial charge in [0.05, 0.1) is 11.6 Å². The molecule has 1 aromatic heterocycles. The molecule has 150 valence electrons. The first-order valence-electron chi connectivity index (χ1n) is 9.81. The van der Waals surface area contributed by atoms with Crippen molar-refractivity contribution in [2.24, 2.45) is 5.92 Å². The largest absolute Gasteiger partial charge is 0.388 e. The number of hydrogen-bond donors (Lipinski definition) is 2. The third-order valence-electron chi connectivity index (χ3n) is 5.92. The molecule has 1 amide bonds. The van der Waals surface area contributed by atoms with Crippen LogP contribution in [-0.2, 0) is 10.3 Å². The SMILES string of the molecule is CN(C)c1nsc(N2CC[C@](NC(=O)C3CCC3)(c3ccccc3)[C@H](O)C2)n1. The van der Waals surface area contributed by atoms with Crippen LogP contribution < -0.4 is 15.1 Å². The molecule has 0 spiro atoms. The molecule has 2 heterocycles. The van der Waals surface area contributed by atoms with Gasteiger partial charge in [0.15, 0.2) is 0 Å². The van der Waals surface area contributed by atoms with Gasteiger partial charge in [-0.2, -0.15) is 9.36 Å². The topological polar surface area (TPSA) is 81.6 Å². The van der Waals surface area contributed by atoms with E-state index in [2.05, 4.69) is 19.6 Å². The fourth-order valence-corrected chi connectivity index (χ4v) is 4.68. The summed E-state index contributed by atoms with van der Waals surface area (Å²) in [5.74, 6) is 0.817. The van der Waals surface area contributed by atoms with Crippen molar-refractivity contribution >= 4 is 28.5 Å². The number of aromatic nitrogens is 2. The Morgan fingerprint density at radius 3 is 2.64 bits per heavy atom. The maximum atomic E-state index is 12.8. The summed E-state index contributed by atoms with van der Waals surface area (Å²) >= 11 is 1.34. The van der Waals surface area contributed by atoms with Crippen LogP contribution in [0.5, 0.6) is 0 Å². The normalized spacial score (nSPS) is 25.2. The van der Waals surface area contributed by atoms with E-state index >= 15 is 0 Å². The molecule has 8 heteroatoms. The number of hydrogen-bond acceptors (Lipinski definition) is 7. The summed E-state index contributed by atoms with van der Waals surface area (Å²) in [6, 6.07) is 9.86. The minimum Gasteiger partial charge on any atom is -0.388 e. The van der Waals surface area contributed by atoms with Crippen molar-refractivity contribution in [1.82, 2.24) is 14.7 Å². The van der Waals surface area contributed by atoms with Crippen molar-refractivity contribution in [2.45, 2.75) is 37.3 Å². The number of β-amino-alcohol motifs (C(OH)–C–C–N with tert-alkyl or cyclic N) is 1. The van der Waals surface area contributed by atoms with Crippen molar-refractivity contribution in [3.8, 4) is 0 Å². The number of nitrogens with one attached hydrogen (secondary N) is 1. The maximum Gasteiger partial charge on any atom is 0.238 e. The molecule has 2 aromatic rings. The molecule has 2 aliphatic rings. The lowest BCUT2D eigenvalue weighted by Crippen LogP contribution is -2.63. The molecule has 1 saturated heterocycles. The summed E-state index contributed by atoms with van der Waals surface area (Å²) < 4.78 is 4.36. The van der Waals surface area contributed by atoms with Crippen molar-refractivity contribution in [3.63, 3.8) is 0 Å². The number of aliphatic hydroxyl groups is 1. The van der Waals surface area contributed by atoms with E-state index < -0.39 is 11.6 Å². The number of amides is 1. The van der Waals surface area contributed by atoms with Gasteiger partial charge in [-0.25, -0.2) is 0 Å². The Morgan fingerprint density at radius 2 is 2.07 bits per heavy atom. The first kappa shape index (κ1) is 19.1. The van der Waals surface area contributed by atoms with E-state index in [4.69, 9.17) is 0 Å². The quantitative estimate of drug-likeness (QED) is 0.797. The monoisotopic (exact) mass is 401 g/mol. The molecule has 1 aliphatic carbocycles. The van der Waals surface area contributed by atoms with Crippen LogP contribution in [0.1, 0.15) is 31.2 Å². The van der Waals surface area contributed by atoms with Crippen LogP contribution in [0.15, 0.2) is 30.3 Å². The molecule has 1 saturated carbocycles. The molecule has 2 atom stereocenters. The number of anilines is 2. The zero-order chi connectivity index (χ0) is 19.7. The van der Waals surface area contributed by atoms with Crippen molar-refractivity contribution in [1.29, 1.82) is 0 Å². The molecule has 28 heavy (non-hydrogen) atoms. The summed E-state index contributed by atoms with van der Waals surface area (Å²) in [7, 11) is 3.82. The molecule has 0 unspecified atom stereocenters. The summed E-state index contributed by atoms with van der Waals surface area (Å²) in [5, 5.41) is 15.3. The fourth-order valence-electron chi connectivity index (χ4n) is 3.91. The van der Waals surface area contributed by atoms with Crippen LogP contribution in [0.25, 0.3) is 0 Å². The highest BCUT2D eigenvalue weighted by Crippen LogP contribution is 2.37. The Morgan fingerprint density at radius 1 is 1.32 bits per heavy atom. The lowest BCUT2D eigenvalue weighted by molar-refractivity contribution is -0.132. The lowest BCUT2D eigenvalue weighted by Gasteiger charge is -2.47. The average molecular weight is 402 g/mol. The maximum absolute atomic E-state index is 12.8. The van der Waals surface area contributed by atoms with E-state index in [0.29, 0.717) is 25.5 Å². The first-order chi connectivity index (χ1) is 13.5. The van der Waals surface area contributed by atoms with E-state index in [1.165, 1.54) is 11.5 Å². The third kappa shape index (κ3) is 3.46. The standard InChI is InChI=1S/C20H27N5O2S/c1-24(2)18-21-19(28-23-18)25-12-11-20(16(26)13-25,15-9-4-3-5-10-15)22-17(27)14-7-6-8-14/h3-5,9-10,14,16,26H,6-8,11-13H2,1-2H3,(H,22,27)/t16-,20+/m1/s1. The number of carbonyl (C=O) groups excluding carboxylic acids is 1. The first-order valence-corrected chi connectivity index (χ1v) is 10.6. The van der Waals surface area contributed by atoms with Gasteiger partial charge in [-0.1, -0.05) is 36.8 Å². The predicted molar refractivity (Wildman–Crippen MR) is 111 cm³/mol. The number of carbonyl (C=O) groups is 1. The van der Waals surface area contributed by atoms with Gasteiger partial charge in [0.1, 0.15) is 0 Å². The highest BCUT2D eigenvalue weighted by atomic mass is 32.1. The summed E-state index contributed by atoms with van der Waals surface area (Å²) in [4.78, 5) is 21.3. The third-order valence-corrected chi connectivity index (χ3v) is 6.69. The molecule has 2 fully saturated rings. The second-order valence-electron chi connectivity index (χ2n) is 7.94. The molecule has 1 aromatic carbocycles. The van der Waals surface area contributed by atoms with E-state index in [-0.39, 0.29) is 11.8 Å². The molecule has 0 bridgehead atoms. The van der Waals surface area contributed by atoms with Gasteiger partial charge in [-0.05, 0) is 24.8 Å². The number of rotatable bonds is 5. The predicted octanol–water partition coefficient (Wildman–Crippen LogP) is 1.99. The highest BCUT2D eigenvalue weighted by Gasteiger charge is 2.46. The van der Waals surface area contributed by atoms with E-state index in [1.54, 1.807) is 0 Å². The van der Waals surface area contributed by atoms with Crippen LogP contribution >= 0.6 is 11.5 Å². The smallest absolute Gasteiger partial charge is 0.238 e. The number of benzene rings is 1. The highest BCUT2D eigenvalue weighted by molar-refractivity contribution is 7.09. The molecule has 4 rings (SSSR count). The fraction of sp³-hybridized carbons (Fsp3) is 0.550. The minimum absolute atomic E-state index is 0.0633. The zero-order valence-electron chi connectivity index (χ0n) is 16.3. The second kappa shape index (κ2) is 7.67. The molecule has 0 radical (unpaired) electrons. The van der Waals surface area contributed by atoms with Gasteiger partial charge in [0.2, 0.25) is 17.0 Å². The Kier molecular flexibility index (Phi) is 5.25. The summed E-state index contributed by atoms with van der Waals surface area (Å²) in [5.41, 5.74) is 0.195. The molecule has 7 nitrogen and oxygen atoms in total.